The molecule has 0 spiro atoms. The number of carbonyl (C=O) groups excluding carboxylic acids is 3. The Morgan fingerprint density at radius 3 is 2.55 bits per heavy atom. The fraction of sp³-hybridized carbons (Fsp3) is 0.348. The molecule has 7 nitrogen and oxygen atoms in total. The maximum Gasteiger partial charge on any atom is 0.339 e. The molecule has 0 saturated carbocycles. The van der Waals surface area contributed by atoms with E-state index in [1.807, 2.05) is 0 Å². The molecule has 0 fully saturated rings. The predicted octanol–water partition coefficient (Wildman–Crippen LogP) is 4.31. The van der Waals surface area contributed by atoms with Crippen LogP contribution in [0.3, 0.4) is 0 Å². The second-order valence-electron chi connectivity index (χ2n) is 8.06. The highest BCUT2D eigenvalue weighted by Gasteiger charge is 2.24. The molecule has 0 aromatic heterocycles. The highest BCUT2D eigenvalue weighted by atomic mass is 32.2. The van der Waals surface area contributed by atoms with Gasteiger partial charge in [-0.05, 0) is 31.2 Å². The topological polar surface area (TPSA) is 90.9 Å². The van der Waals surface area contributed by atoms with E-state index in [1.54, 1.807) is 70.2 Å². The van der Waals surface area contributed by atoms with E-state index in [9.17, 15) is 14.4 Å². The zero-order chi connectivity index (χ0) is 22.6. The van der Waals surface area contributed by atoms with Gasteiger partial charge in [-0.1, -0.05) is 32.9 Å². The Hall–Kier alpha value is -3.00. The van der Waals surface area contributed by atoms with E-state index < -0.39 is 16.6 Å². The Bertz CT molecular complexity index is 998. The molecule has 0 radical (unpaired) electrons. The van der Waals surface area contributed by atoms with Crippen LogP contribution in [0.4, 0.5) is 5.69 Å². The number of esters is 1. The zero-order valence-electron chi connectivity index (χ0n) is 17.9. The third-order valence-corrected chi connectivity index (χ3v) is 5.77. The summed E-state index contributed by atoms with van der Waals surface area (Å²) < 4.78 is 15.8. The molecule has 1 aliphatic heterocycles. The highest BCUT2D eigenvalue weighted by molar-refractivity contribution is 8.00. The minimum Gasteiger partial charge on any atom is -0.454 e. The van der Waals surface area contributed by atoms with Gasteiger partial charge in [-0.15, -0.1) is 11.8 Å². The summed E-state index contributed by atoms with van der Waals surface area (Å²) in [5, 5.41) is 2.35. The molecular formula is C23H25NO6S. The summed E-state index contributed by atoms with van der Waals surface area (Å²) in [4.78, 5) is 37.8. The summed E-state index contributed by atoms with van der Waals surface area (Å²) in [7, 11) is 0. The monoisotopic (exact) mass is 443 g/mol. The van der Waals surface area contributed by atoms with Crippen molar-refractivity contribution >= 4 is 35.1 Å². The van der Waals surface area contributed by atoms with Gasteiger partial charge < -0.3 is 19.5 Å². The number of anilines is 1. The molecule has 1 atom stereocenters. The number of thioether (sulfide) groups is 1. The number of nitrogens with one attached hydrogen (secondary N) is 1. The van der Waals surface area contributed by atoms with Gasteiger partial charge in [-0.3, -0.25) is 9.59 Å². The first-order valence-corrected chi connectivity index (χ1v) is 10.7. The first-order chi connectivity index (χ1) is 14.6. The van der Waals surface area contributed by atoms with Crippen LogP contribution in [0, 0.1) is 5.41 Å². The van der Waals surface area contributed by atoms with Crippen LogP contribution in [0.2, 0.25) is 0 Å². The van der Waals surface area contributed by atoms with Gasteiger partial charge in [-0.25, -0.2) is 4.79 Å². The van der Waals surface area contributed by atoms with Crippen molar-refractivity contribution < 1.29 is 28.6 Å². The zero-order valence-corrected chi connectivity index (χ0v) is 18.7. The highest BCUT2D eigenvalue weighted by Crippen LogP contribution is 2.35. The van der Waals surface area contributed by atoms with Gasteiger partial charge in [0, 0.05) is 22.1 Å². The fourth-order valence-corrected chi connectivity index (χ4v) is 3.61. The lowest BCUT2D eigenvalue weighted by atomic mass is 9.91. The van der Waals surface area contributed by atoms with Crippen molar-refractivity contribution in [3.63, 3.8) is 0 Å². The van der Waals surface area contributed by atoms with Crippen molar-refractivity contribution in [2.75, 3.05) is 18.7 Å². The van der Waals surface area contributed by atoms with Crippen molar-refractivity contribution in [2.24, 2.45) is 5.41 Å². The van der Waals surface area contributed by atoms with Crippen LogP contribution in [0.15, 0.2) is 47.4 Å². The van der Waals surface area contributed by atoms with E-state index in [4.69, 9.17) is 14.2 Å². The van der Waals surface area contributed by atoms with Gasteiger partial charge in [0.25, 0.3) is 0 Å². The number of ketones is 1. The lowest BCUT2D eigenvalue weighted by molar-refractivity contribution is -0.129. The standard InChI is InChI=1S/C23H25NO6S/c1-14(21(26)24-15-9-10-17-18(11-15)30-13-29-17)31-19-8-6-5-7-16(19)22(27)28-12-20(25)23(2,3)4/h5-11,14H,12-13H2,1-4H3,(H,24,26). The maximum absolute atomic E-state index is 12.7. The number of Topliss-reactive ketones (excluding diaryl/α,β-unsaturated/α-hetero) is 1. The SMILES string of the molecule is CC(Sc1ccccc1C(=O)OCC(=O)C(C)(C)C)C(=O)Nc1ccc2c(c1)OCO2. The van der Waals surface area contributed by atoms with Crippen LogP contribution in [-0.4, -0.2) is 36.3 Å². The molecule has 1 unspecified atom stereocenters. The van der Waals surface area contributed by atoms with Crippen molar-refractivity contribution in [2.45, 2.75) is 37.8 Å². The Kier molecular flexibility index (Phi) is 6.90. The largest absolute Gasteiger partial charge is 0.454 e. The number of benzene rings is 2. The lowest BCUT2D eigenvalue weighted by Gasteiger charge is -2.17. The van der Waals surface area contributed by atoms with Gasteiger partial charge in [0.2, 0.25) is 12.7 Å². The molecule has 0 aliphatic carbocycles. The number of ether oxygens (including phenoxy) is 3. The van der Waals surface area contributed by atoms with Crippen LogP contribution in [0.5, 0.6) is 11.5 Å². The maximum atomic E-state index is 12.7. The molecule has 2 aromatic carbocycles. The van der Waals surface area contributed by atoms with Crippen molar-refractivity contribution in [3.05, 3.63) is 48.0 Å². The summed E-state index contributed by atoms with van der Waals surface area (Å²) >= 11 is 1.24. The average Bonchev–Trinajstić information content (AvgIpc) is 3.19. The van der Waals surface area contributed by atoms with E-state index in [1.165, 1.54) is 11.8 Å². The number of hydrogen-bond acceptors (Lipinski definition) is 7. The van der Waals surface area contributed by atoms with Crippen LogP contribution in [0.25, 0.3) is 0 Å². The van der Waals surface area contributed by atoms with Crippen LogP contribution >= 0.6 is 11.8 Å². The first-order valence-electron chi connectivity index (χ1n) is 9.82. The quantitative estimate of drug-likeness (QED) is 0.504. The molecule has 0 bridgehead atoms. The average molecular weight is 444 g/mol. The molecule has 164 valence electrons. The van der Waals surface area contributed by atoms with Gasteiger partial charge in [-0.2, -0.15) is 0 Å². The first kappa shape index (κ1) is 22.7. The second kappa shape index (κ2) is 9.43. The third-order valence-electron chi connectivity index (χ3n) is 4.59. The van der Waals surface area contributed by atoms with E-state index in [2.05, 4.69) is 5.32 Å². The molecular weight excluding hydrogens is 418 g/mol. The van der Waals surface area contributed by atoms with Crippen molar-refractivity contribution in [1.82, 2.24) is 0 Å². The molecule has 1 aliphatic rings. The van der Waals surface area contributed by atoms with Crippen LogP contribution < -0.4 is 14.8 Å². The normalized spacial score (nSPS) is 13.4. The van der Waals surface area contributed by atoms with Crippen LogP contribution in [0.1, 0.15) is 38.1 Å². The number of carbonyl (C=O) groups is 3. The molecule has 1 N–H and O–H groups in total. The lowest BCUT2D eigenvalue weighted by Crippen LogP contribution is -2.26. The summed E-state index contributed by atoms with van der Waals surface area (Å²) in [6.45, 7) is 6.93. The molecule has 31 heavy (non-hydrogen) atoms. The fourth-order valence-electron chi connectivity index (χ4n) is 2.63. The summed E-state index contributed by atoms with van der Waals surface area (Å²) in [5.41, 5.74) is 0.322. The molecule has 0 saturated heterocycles. The number of rotatable bonds is 7. The van der Waals surface area contributed by atoms with E-state index in [0.29, 0.717) is 27.6 Å². The Labute approximate surface area is 185 Å². The van der Waals surface area contributed by atoms with Crippen molar-refractivity contribution in [1.29, 1.82) is 0 Å². The smallest absolute Gasteiger partial charge is 0.339 e. The van der Waals surface area contributed by atoms with Gasteiger partial charge in [0.05, 0.1) is 10.8 Å². The van der Waals surface area contributed by atoms with Gasteiger partial charge >= 0.3 is 5.97 Å². The molecule has 8 heteroatoms. The summed E-state index contributed by atoms with van der Waals surface area (Å²) in [6, 6.07) is 12.0. The molecule has 3 rings (SSSR count). The van der Waals surface area contributed by atoms with E-state index in [-0.39, 0.29) is 25.1 Å². The molecule has 2 aromatic rings. The summed E-state index contributed by atoms with van der Waals surface area (Å²) in [5.74, 6) is 0.232. The predicted molar refractivity (Wildman–Crippen MR) is 118 cm³/mol. The summed E-state index contributed by atoms with van der Waals surface area (Å²) in [6.07, 6.45) is 0. The van der Waals surface area contributed by atoms with Crippen molar-refractivity contribution in [3.8, 4) is 11.5 Å². The van der Waals surface area contributed by atoms with E-state index in [0.717, 1.165) is 0 Å². The minimum absolute atomic E-state index is 0.160. The Morgan fingerprint density at radius 2 is 1.81 bits per heavy atom. The number of amides is 1. The molecule has 1 heterocycles. The molecule has 1 amide bonds. The number of fused-ring (bicyclic) bond motifs is 1. The van der Waals surface area contributed by atoms with Gasteiger partial charge in [0.15, 0.2) is 23.9 Å². The Balaban J connectivity index is 1.63. The minimum atomic E-state index is -0.593. The Morgan fingerprint density at radius 1 is 1.10 bits per heavy atom. The van der Waals surface area contributed by atoms with Crippen LogP contribution in [-0.2, 0) is 14.3 Å². The van der Waals surface area contributed by atoms with E-state index >= 15 is 0 Å². The second-order valence-corrected chi connectivity index (χ2v) is 9.45. The third kappa shape index (κ3) is 5.79. The number of hydrogen-bond donors (Lipinski definition) is 1. The van der Waals surface area contributed by atoms with Gasteiger partial charge in [0.1, 0.15) is 0 Å².